The first-order chi connectivity index (χ1) is 4.00. The summed E-state index contributed by atoms with van der Waals surface area (Å²) in [4.78, 5) is 0. The van der Waals surface area contributed by atoms with Gasteiger partial charge in [0.25, 0.3) is 0 Å². The van der Waals surface area contributed by atoms with Gasteiger partial charge in [-0.2, -0.15) is 0 Å². The van der Waals surface area contributed by atoms with Gasteiger partial charge in [0.1, 0.15) is 9.76 Å². The van der Waals surface area contributed by atoms with Crippen molar-refractivity contribution in [1.82, 2.24) is 0 Å². The number of hydrogen-bond donors (Lipinski definition) is 0. The lowest BCUT2D eigenvalue weighted by Gasteiger charge is -2.22. The summed E-state index contributed by atoms with van der Waals surface area (Å²) in [6, 6.07) is 0. The molecule has 0 aromatic heterocycles. The molecule has 0 N–H and O–H groups in total. The van der Waals surface area contributed by atoms with Crippen LogP contribution >= 0.6 is 0 Å². The largest absolute Gasteiger partial charge is 0.458 e. The van der Waals surface area contributed by atoms with Crippen LogP contribution in [0.1, 0.15) is 6.92 Å². The van der Waals surface area contributed by atoms with E-state index in [-0.39, 0.29) is 9.76 Å². The lowest BCUT2D eigenvalue weighted by atomic mass is 10.8. The molecule has 1 nitrogen and oxygen atoms in total. The molecule has 0 unspecified atom stereocenters. The van der Waals surface area contributed by atoms with Crippen molar-refractivity contribution >= 4 is 18.1 Å². The molecule has 0 aromatic rings. The highest BCUT2D eigenvalue weighted by atomic mass is 28.4. The minimum absolute atomic E-state index is 0.232. The molecule has 0 saturated carbocycles. The zero-order valence-electron chi connectivity index (χ0n) is 6.82. The molecular weight excluding hydrogens is 144 g/mol. The Bertz CT molecular complexity index is 110. The van der Waals surface area contributed by atoms with E-state index in [1.54, 1.807) is 0 Å². The number of rotatable bonds is 3. The zero-order valence-corrected chi connectivity index (χ0v) is 9.24. The van der Waals surface area contributed by atoms with E-state index >= 15 is 0 Å². The van der Waals surface area contributed by atoms with Gasteiger partial charge in [-0.15, -0.1) is 6.58 Å². The van der Waals surface area contributed by atoms with E-state index in [1.165, 1.54) is 5.20 Å². The van der Waals surface area contributed by atoms with Crippen LogP contribution in [-0.4, -0.2) is 18.1 Å². The van der Waals surface area contributed by atoms with Crippen LogP contribution in [0.25, 0.3) is 0 Å². The lowest BCUT2D eigenvalue weighted by molar-refractivity contribution is 0.604. The SMILES string of the molecule is C=C(C)[Si](C)(C)O[SiH2]C. The molecule has 0 spiro atoms. The van der Waals surface area contributed by atoms with Gasteiger partial charge in [0.15, 0.2) is 0 Å². The van der Waals surface area contributed by atoms with E-state index in [0.717, 1.165) is 0 Å². The summed E-state index contributed by atoms with van der Waals surface area (Å²) in [6.45, 7) is 12.5. The molecule has 0 bridgehead atoms. The monoisotopic (exact) mass is 160 g/mol. The van der Waals surface area contributed by atoms with Crippen molar-refractivity contribution in [2.75, 3.05) is 0 Å². The zero-order chi connectivity index (χ0) is 7.49. The van der Waals surface area contributed by atoms with Crippen molar-refractivity contribution in [3.05, 3.63) is 11.8 Å². The van der Waals surface area contributed by atoms with E-state index in [2.05, 4.69) is 33.1 Å². The maximum Gasteiger partial charge on any atom is 0.200 e. The van der Waals surface area contributed by atoms with E-state index in [0.29, 0.717) is 0 Å². The van der Waals surface area contributed by atoms with Crippen LogP contribution in [0.4, 0.5) is 0 Å². The van der Waals surface area contributed by atoms with Crippen LogP contribution in [-0.2, 0) is 4.12 Å². The summed E-state index contributed by atoms with van der Waals surface area (Å²) in [6.07, 6.45) is 0. The van der Waals surface area contributed by atoms with Gasteiger partial charge in [0, 0.05) is 0 Å². The third-order valence-corrected chi connectivity index (χ3v) is 7.63. The molecule has 54 valence electrons. The fraction of sp³-hybridized carbons (Fsp3) is 0.667. The number of hydrogen-bond acceptors (Lipinski definition) is 1. The van der Waals surface area contributed by atoms with Crippen molar-refractivity contribution in [3.63, 3.8) is 0 Å². The molecule has 0 aliphatic rings. The summed E-state index contributed by atoms with van der Waals surface area (Å²) in [5, 5.41) is 1.25. The predicted octanol–water partition coefficient (Wildman–Crippen LogP) is 1.46. The highest BCUT2D eigenvalue weighted by Crippen LogP contribution is 2.12. The highest BCUT2D eigenvalue weighted by Gasteiger charge is 2.21. The van der Waals surface area contributed by atoms with Crippen molar-refractivity contribution in [1.29, 1.82) is 0 Å². The van der Waals surface area contributed by atoms with Crippen LogP contribution < -0.4 is 0 Å². The molecule has 0 aromatic carbocycles. The number of allylic oxidation sites excluding steroid dienone is 1. The van der Waals surface area contributed by atoms with Crippen molar-refractivity contribution in [2.45, 2.75) is 26.6 Å². The van der Waals surface area contributed by atoms with Gasteiger partial charge in [-0.1, -0.05) is 11.7 Å². The standard InChI is InChI=1S/C6H16OSi2/c1-6(2)9(4,5)7-8-3/h1,8H2,2-5H3. The molecule has 0 aliphatic carbocycles. The summed E-state index contributed by atoms with van der Waals surface area (Å²) < 4.78 is 5.67. The molecule has 0 radical (unpaired) electrons. The van der Waals surface area contributed by atoms with E-state index in [4.69, 9.17) is 4.12 Å². The van der Waals surface area contributed by atoms with Crippen molar-refractivity contribution in [2.24, 2.45) is 0 Å². The Morgan fingerprint density at radius 1 is 1.56 bits per heavy atom. The Kier molecular flexibility index (Phi) is 3.39. The molecule has 0 amide bonds. The summed E-state index contributed by atoms with van der Waals surface area (Å²) >= 11 is 0. The predicted molar refractivity (Wildman–Crippen MR) is 47.8 cm³/mol. The molecular formula is C6H16OSi2. The van der Waals surface area contributed by atoms with Crippen LogP contribution in [0.3, 0.4) is 0 Å². The maximum atomic E-state index is 5.67. The molecule has 3 heteroatoms. The minimum atomic E-state index is -1.41. The second kappa shape index (κ2) is 3.34. The normalized spacial score (nSPS) is 12.9. The Balaban J connectivity index is 3.85. The first kappa shape index (κ1) is 9.13. The molecule has 0 saturated heterocycles. The van der Waals surface area contributed by atoms with Gasteiger partial charge in [-0.05, 0) is 20.0 Å². The highest BCUT2D eigenvalue weighted by molar-refractivity contribution is 6.81. The first-order valence-electron chi connectivity index (χ1n) is 3.30. The Hall–Kier alpha value is 0.134. The second-order valence-electron chi connectivity index (χ2n) is 2.72. The smallest absolute Gasteiger partial charge is 0.200 e. The maximum absolute atomic E-state index is 5.67. The Morgan fingerprint density at radius 2 is 2.00 bits per heavy atom. The van der Waals surface area contributed by atoms with Gasteiger partial charge < -0.3 is 4.12 Å². The van der Waals surface area contributed by atoms with Crippen LogP contribution in [0, 0.1) is 0 Å². The summed E-state index contributed by atoms with van der Waals surface area (Å²) in [7, 11) is -1.65. The van der Waals surface area contributed by atoms with Crippen LogP contribution in [0.15, 0.2) is 11.8 Å². The van der Waals surface area contributed by atoms with Gasteiger partial charge >= 0.3 is 0 Å². The Labute approximate surface area is 61.2 Å². The third-order valence-electron chi connectivity index (χ3n) is 1.53. The molecule has 0 rings (SSSR count). The van der Waals surface area contributed by atoms with Gasteiger partial charge in [-0.3, -0.25) is 0 Å². The van der Waals surface area contributed by atoms with E-state index < -0.39 is 8.32 Å². The Morgan fingerprint density at radius 3 is 2.11 bits per heavy atom. The van der Waals surface area contributed by atoms with Gasteiger partial charge in [0.05, 0.1) is 0 Å². The molecule has 9 heavy (non-hydrogen) atoms. The molecule has 0 atom stereocenters. The lowest BCUT2D eigenvalue weighted by Crippen LogP contribution is -2.32. The van der Waals surface area contributed by atoms with E-state index in [1.807, 2.05) is 0 Å². The second-order valence-corrected chi connectivity index (χ2v) is 8.33. The van der Waals surface area contributed by atoms with Gasteiger partial charge in [0.2, 0.25) is 8.32 Å². The molecule has 0 heterocycles. The fourth-order valence-corrected chi connectivity index (χ4v) is 4.36. The van der Waals surface area contributed by atoms with Gasteiger partial charge in [-0.25, -0.2) is 0 Å². The average Bonchev–Trinajstić information content (AvgIpc) is 1.65. The van der Waals surface area contributed by atoms with Crippen molar-refractivity contribution in [3.8, 4) is 0 Å². The first-order valence-corrected chi connectivity index (χ1v) is 8.20. The summed E-state index contributed by atoms with van der Waals surface area (Å²) in [5.74, 6) is 0. The molecule has 0 aliphatic heterocycles. The topological polar surface area (TPSA) is 9.23 Å². The van der Waals surface area contributed by atoms with Crippen LogP contribution in [0.2, 0.25) is 19.6 Å². The fourth-order valence-electron chi connectivity index (χ4n) is 0.484. The molecule has 0 fully saturated rings. The van der Waals surface area contributed by atoms with Crippen LogP contribution in [0.5, 0.6) is 0 Å². The summed E-state index contributed by atoms with van der Waals surface area (Å²) in [5.41, 5.74) is 0. The quantitative estimate of drug-likeness (QED) is 0.568. The third kappa shape index (κ3) is 2.98. The van der Waals surface area contributed by atoms with Crippen molar-refractivity contribution < 1.29 is 4.12 Å². The van der Waals surface area contributed by atoms with E-state index in [9.17, 15) is 0 Å². The minimum Gasteiger partial charge on any atom is -0.458 e. The average molecular weight is 160 g/mol.